The number of rotatable bonds is 4. The number of hydrogen-bond donors (Lipinski definition) is 0. The average molecular weight is 439 g/mol. The summed E-state index contributed by atoms with van der Waals surface area (Å²) >= 11 is 3.55. The van der Waals surface area contributed by atoms with E-state index in [2.05, 4.69) is 39.0 Å². The van der Waals surface area contributed by atoms with Crippen molar-refractivity contribution in [3.8, 4) is 6.07 Å². The van der Waals surface area contributed by atoms with Crippen LogP contribution in [0.1, 0.15) is 5.56 Å². The van der Waals surface area contributed by atoms with Crippen molar-refractivity contribution < 1.29 is 4.79 Å². The largest absolute Gasteiger partial charge is 0.377 e. The molecule has 1 saturated heterocycles. The number of amides is 1. The molecule has 1 fully saturated rings. The normalized spacial score (nSPS) is 14.6. The Morgan fingerprint density at radius 1 is 1.11 bits per heavy atom. The van der Waals surface area contributed by atoms with E-state index in [1.165, 1.54) is 0 Å². The van der Waals surface area contributed by atoms with Crippen molar-refractivity contribution in [2.75, 3.05) is 50.1 Å². The molecule has 6 heteroatoms. The fourth-order valence-electron chi connectivity index (χ4n) is 3.26. The van der Waals surface area contributed by atoms with Crippen LogP contribution in [0, 0.1) is 11.3 Å². The summed E-state index contributed by atoms with van der Waals surface area (Å²) in [7, 11) is 3.93. The summed E-state index contributed by atoms with van der Waals surface area (Å²) in [5.41, 5.74) is 3.19. The van der Waals surface area contributed by atoms with Crippen LogP contribution in [0.5, 0.6) is 0 Å². The summed E-state index contributed by atoms with van der Waals surface area (Å²) in [5.74, 6) is -0.206. The molecular formula is C22H23BrN4O. The summed E-state index contributed by atoms with van der Waals surface area (Å²) in [6.45, 7) is 2.74. The molecule has 0 atom stereocenters. The second kappa shape index (κ2) is 8.94. The lowest BCUT2D eigenvalue weighted by molar-refractivity contribution is -0.126. The molecule has 1 amide bonds. The van der Waals surface area contributed by atoms with Crippen LogP contribution in [0.25, 0.3) is 6.08 Å². The lowest BCUT2D eigenvalue weighted by atomic mass is 10.1. The van der Waals surface area contributed by atoms with E-state index in [0.717, 1.165) is 34.5 Å². The maximum absolute atomic E-state index is 12.8. The third-order valence-electron chi connectivity index (χ3n) is 4.80. The number of carbonyl (C=O) groups excluding carboxylic acids is 1. The highest BCUT2D eigenvalue weighted by atomic mass is 79.9. The highest BCUT2D eigenvalue weighted by Crippen LogP contribution is 2.27. The molecule has 0 aromatic heterocycles. The van der Waals surface area contributed by atoms with Crippen molar-refractivity contribution in [2.24, 2.45) is 0 Å². The molecule has 0 spiro atoms. The quantitative estimate of drug-likeness (QED) is 0.538. The molecule has 144 valence electrons. The molecule has 1 aliphatic rings. The van der Waals surface area contributed by atoms with Gasteiger partial charge in [0.15, 0.2) is 0 Å². The maximum Gasteiger partial charge on any atom is 0.264 e. The van der Waals surface area contributed by atoms with Gasteiger partial charge in [-0.1, -0.05) is 24.3 Å². The van der Waals surface area contributed by atoms with Crippen molar-refractivity contribution in [1.82, 2.24) is 4.90 Å². The Bertz CT molecular complexity index is 910. The van der Waals surface area contributed by atoms with E-state index in [1.54, 1.807) is 11.0 Å². The van der Waals surface area contributed by atoms with E-state index >= 15 is 0 Å². The van der Waals surface area contributed by atoms with Gasteiger partial charge in [-0.15, -0.1) is 0 Å². The van der Waals surface area contributed by atoms with Gasteiger partial charge in [0.1, 0.15) is 11.6 Å². The number of halogens is 1. The summed E-state index contributed by atoms with van der Waals surface area (Å²) < 4.78 is 0.924. The van der Waals surface area contributed by atoms with Crippen molar-refractivity contribution in [3.63, 3.8) is 0 Å². The van der Waals surface area contributed by atoms with Crippen molar-refractivity contribution >= 4 is 39.3 Å². The molecular weight excluding hydrogens is 416 g/mol. The minimum Gasteiger partial charge on any atom is -0.377 e. The standard InChI is InChI=1S/C22H23BrN4O/c1-25(2)21-9-8-17(15-20(21)23)14-18(16-24)22(28)27-12-10-26(11-13-27)19-6-4-3-5-7-19/h3-9,14-15H,10-13H2,1-2H3/b18-14-. The van der Waals surface area contributed by atoms with Crippen LogP contribution >= 0.6 is 15.9 Å². The van der Waals surface area contributed by atoms with Crippen LogP contribution < -0.4 is 9.80 Å². The van der Waals surface area contributed by atoms with E-state index in [1.807, 2.05) is 55.4 Å². The molecule has 0 radical (unpaired) electrons. The lowest BCUT2D eigenvalue weighted by Gasteiger charge is -2.36. The van der Waals surface area contributed by atoms with Crippen LogP contribution in [0.3, 0.4) is 0 Å². The Labute approximate surface area is 174 Å². The second-order valence-electron chi connectivity index (χ2n) is 6.89. The average Bonchev–Trinajstić information content (AvgIpc) is 2.72. The molecule has 0 bridgehead atoms. The number of benzene rings is 2. The Morgan fingerprint density at radius 2 is 1.79 bits per heavy atom. The van der Waals surface area contributed by atoms with E-state index in [0.29, 0.717) is 13.1 Å². The monoisotopic (exact) mass is 438 g/mol. The maximum atomic E-state index is 12.8. The first-order valence-electron chi connectivity index (χ1n) is 9.17. The minimum atomic E-state index is -0.206. The molecule has 1 aliphatic heterocycles. The Hall–Kier alpha value is -2.78. The van der Waals surface area contributed by atoms with E-state index in [-0.39, 0.29) is 11.5 Å². The predicted octanol–water partition coefficient (Wildman–Crippen LogP) is 3.77. The first-order chi connectivity index (χ1) is 13.5. The molecule has 1 heterocycles. The fraction of sp³-hybridized carbons (Fsp3) is 0.273. The highest BCUT2D eigenvalue weighted by molar-refractivity contribution is 9.10. The number of piperazine rings is 1. The highest BCUT2D eigenvalue weighted by Gasteiger charge is 2.23. The number of carbonyl (C=O) groups is 1. The first kappa shape index (κ1) is 20.0. The number of hydrogen-bond acceptors (Lipinski definition) is 4. The van der Waals surface area contributed by atoms with Crippen molar-refractivity contribution in [1.29, 1.82) is 5.26 Å². The molecule has 0 unspecified atom stereocenters. The van der Waals surface area contributed by atoms with Crippen molar-refractivity contribution in [2.45, 2.75) is 0 Å². The van der Waals surface area contributed by atoms with E-state index in [9.17, 15) is 10.1 Å². The first-order valence-corrected chi connectivity index (χ1v) is 9.97. The topological polar surface area (TPSA) is 50.6 Å². The smallest absolute Gasteiger partial charge is 0.264 e. The lowest BCUT2D eigenvalue weighted by Crippen LogP contribution is -2.49. The summed E-state index contributed by atoms with van der Waals surface area (Å²) in [4.78, 5) is 18.9. The molecule has 3 rings (SSSR count). The van der Waals surface area contributed by atoms with Crippen LogP contribution in [-0.4, -0.2) is 51.1 Å². The van der Waals surface area contributed by atoms with Crippen LogP contribution in [0.4, 0.5) is 11.4 Å². The van der Waals surface area contributed by atoms with Crippen LogP contribution in [0.2, 0.25) is 0 Å². The minimum absolute atomic E-state index is 0.165. The Kier molecular flexibility index (Phi) is 6.37. The summed E-state index contributed by atoms with van der Waals surface area (Å²) in [5, 5.41) is 9.53. The Morgan fingerprint density at radius 3 is 2.36 bits per heavy atom. The molecule has 28 heavy (non-hydrogen) atoms. The third kappa shape index (κ3) is 4.55. The van der Waals surface area contributed by atoms with Gasteiger partial charge < -0.3 is 14.7 Å². The van der Waals surface area contributed by atoms with Gasteiger partial charge in [-0.2, -0.15) is 5.26 Å². The van der Waals surface area contributed by atoms with Gasteiger partial charge in [0.25, 0.3) is 5.91 Å². The summed E-state index contributed by atoms with van der Waals surface area (Å²) in [6.07, 6.45) is 1.66. The number of para-hydroxylation sites is 1. The molecule has 2 aromatic rings. The predicted molar refractivity (Wildman–Crippen MR) is 117 cm³/mol. The molecule has 0 aliphatic carbocycles. The number of nitrogens with zero attached hydrogens (tertiary/aromatic N) is 4. The molecule has 0 saturated carbocycles. The van der Waals surface area contributed by atoms with Gasteiger partial charge in [-0.05, 0) is 51.8 Å². The zero-order chi connectivity index (χ0) is 20.1. The SMILES string of the molecule is CN(C)c1ccc(/C=C(/C#N)C(=O)N2CCN(c3ccccc3)CC2)cc1Br. The van der Waals surface area contributed by atoms with E-state index in [4.69, 9.17) is 0 Å². The summed E-state index contributed by atoms with van der Waals surface area (Å²) in [6, 6.07) is 18.1. The van der Waals surface area contributed by atoms with Gasteiger partial charge in [0, 0.05) is 50.4 Å². The van der Waals surface area contributed by atoms with Gasteiger partial charge in [0.2, 0.25) is 0 Å². The fourth-order valence-corrected chi connectivity index (χ4v) is 4.01. The number of nitriles is 1. The van der Waals surface area contributed by atoms with Gasteiger partial charge in [0.05, 0.1) is 5.69 Å². The molecule has 2 aromatic carbocycles. The third-order valence-corrected chi connectivity index (χ3v) is 5.44. The Balaban J connectivity index is 1.70. The number of anilines is 2. The van der Waals surface area contributed by atoms with Crippen molar-refractivity contribution in [3.05, 3.63) is 64.1 Å². The second-order valence-corrected chi connectivity index (χ2v) is 7.74. The van der Waals surface area contributed by atoms with Gasteiger partial charge in [-0.25, -0.2) is 0 Å². The molecule has 5 nitrogen and oxygen atoms in total. The molecule has 0 N–H and O–H groups in total. The van der Waals surface area contributed by atoms with Crippen LogP contribution in [-0.2, 0) is 4.79 Å². The van der Waals surface area contributed by atoms with Gasteiger partial charge in [-0.3, -0.25) is 4.79 Å². The zero-order valence-corrected chi connectivity index (χ0v) is 17.7. The van der Waals surface area contributed by atoms with Gasteiger partial charge >= 0.3 is 0 Å². The van der Waals surface area contributed by atoms with Crippen LogP contribution in [0.15, 0.2) is 58.6 Å². The van der Waals surface area contributed by atoms with E-state index < -0.39 is 0 Å². The zero-order valence-electron chi connectivity index (χ0n) is 16.1.